The maximum atomic E-state index is 8.51. The molecule has 2 N–H and O–H groups in total. The molecule has 0 unspecified atom stereocenters. The molecule has 1 aromatic rings. The van der Waals surface area contributed by atoms with Crippen LogP contribution < -0.4 is 0 Å². The molecule has 2 nitrogen and oxygen atoms in total. The van der Waals surface area contributed by atoms with Crippen LogP contribution in [-0.4, -0.2) is 10.1 Å². The molecule has 0 aliphatic carbocycles. The van der Waals surface area contributed by atoms with Crippen molar-refractivity contribution in [1.29, 1.82) is 0 Å². The summed E-state index contributed by atoms with van der Waals surface area (Å²) in [5, 5.41) is 9.04. The molecule has 0 fully saturated rings. The van der Waals surface area contributed by atoms with E-state index in [1.807, 2.05) is 0 Å². The third kappa shape index (κ3) is 0.871. The zero-order chi connectivity index (χ0) is 5.28. The summed E-state index contributed by atoms with van der Waals surface area (Å²) < 4.78 is 0. The van der Waals surface area contributed by atoms with E-state index < -0.39 is 0 Å². The summed E-state index contributed by atoms with van der Waals surface area (Å²) in [6, 6.07) is 1.43. The predicted molar refractivity (Wildman–Crippen MR) is 27.5 cm³/mol. The Morgan fingerprint density at radius 1 is 1.71 bits per heavy atom. The fraction of sp³-hybridized carbons (Fsp3) is 0. The second kappa shape index (κ2) is 1.46. The zero-order valence-corrected chi connectivity index (χ0v) is 4.24. The molecule has 0 aromatic carbocycles. The first-order chi connectivity index (χ1) is 3.29. The van der Waals surface area contributed by atoms with Crippen LogP contribution >= 0.6 is 11.6 Å². The van der Waals surface area contributed by atoms with Gasteiger partial charge in [0.15, 0.2) is 5.88 Å². The Bertz CT molecular complexity index is 144. The quantitative estimate of drug-likeness (QED) is 0.529. The average Bonchev–Trinajstić information content (AvgIpc) is 1.87. The Morgan fingerprint density at radius 3 is 2.57 bits per heavy atom. The second-order valence-electron chi connectivity index (χ2n) is 1.20. The van der Waals surface area contributed by atoms with Gasteiger partial charge in [0, 0.05) is 12.3 Å². The summed E-state index contributed by atoms with van der Waals surface area (Å²) in [5.74, 6) is 0.102. The third-order valence-corrected chi connectivity index (χ3v) is 0.851. The minimum absolute atomic E-state index is 0.102. The summed E-state index contributed by atoms with van der Waals surface area (Å²) >= 11 is 5.37. The monoisotopic (exact) mass is 117 g/mol. The Kier molecular flexibility index (Phi) is 0.947. The normalized spacial score (nSPS) is 9.29. The van der Waals surface area contributed by atoms with Crippen LogP contribution in [0.3, 0.4) is 0 Å². The maximum absolute atomic E-state index is 8.51. The van der Waals surface area contributed by atoms with Crippen molar-refractivity contribution in [3.05, 3.63) is 17.3 Å². The molecule has 7 heavy (non-hydrogen) atoms. The molecule has 1 rings (SSSR count). The molecule has 0 bridgehead atoms. The number of hydrogen-bond donors (Lipinski definition) is 2. The van der Waals surface area contributed by atoms with Crippen LogP contribution in [-0.2, 0) is 0 Å². The van der Waals surface area contributed by atoms with Gasteiger partial charge in [0.1, 0.15) is 0 Å². The number of H-pyrrole nitrogens is 1. The lowest BCUT2D eigenvalue weighted by Crippen LogP contribution is -1.51. The Morgan fingerprint density at radius 2 is 2.43 bits per heavy atom. The van der Waals surface area contributed by atoms with Gasteiger partial charge in [-0.3, -0.25) is 0 Å². The van der Waals surface area contributed by atoms with Gasteiger partial charge in [-0.15, -0.1) is 0 Å². The van der Waals surface area contributed by atoms with Crippen LogP contribution in [0.15, 0.2) is 12.3 Å². The van der Waals surface area contributed by atoms with Crippen molar-refractivity contribution in [2.45, 2.75) is 0 Å². The smallest absolute Gasteiger partial charge is 0.189 e. The summed E-state index contributed by atoms with van der Waals surface area (Å²) in [6.45, 7) is 0. The predicted octanol–water partition coefficient (Wildman–Crippen LogP) is 1.37. The van der Waals surface area contributed by atoms with Crippen molar-refractivity contribution >= 4 is 11.6 Å². The number of hydrogen-bond acceptors (Lipinski definition) is 1. The Hall–Kier alpha value is -0.630. The van der Waals surface area contributed by atoms with Gasteiger partial charge in [0.2, 0.25) is 0 Å². The molecular weight excluding hydrogens is 114 g/mol. The van der Waals surface area contributed by atoms with Crippen LogP contribution in [0.5, 0.6) is 5.88 Å². The van der Waals surface area contributed by atoms with Crippen LogP contribution in [0.1, 0.15) is 0 Å². The third-order valence-electron chi connectivity index (χ3n) is 0.633. The summed E-state index contributed by atoms with van der Waals surface area (Å²) in [6.07, 6.45) is 1.51. The van der Waals surface area contributed by atoms with E-state index in [4.69, 9.17) is 16.7 Å². The molecule has 0 aliphatic heterocycles. The van der Waals surface area contributed by atoms with Gasteiger partial charge in [0.25, 0.3) is 0 Å². The lowest BCUT2D eigenvalue weighted by Gasteiger charge is -1.71. The molecule has 1 aromatic heterocycles. The fourth-order valence-corrected chi connectivity index (χ4v) is 0.515. The lowest BCUT2D eigenvalue weighted by molar-refractivity contribution is 0.457. The van der Waals surface area contributed by atoms with Crippen molar-refractivity contribution in [3.63, 3.8) is 0 Å². The average molecular weight is 118 g/mol. The second-order valence-corrected chi connectivity index (χ2v) is 1.64. The van der Waals surface area contributed by atoms with E-state index in [-0.39, 0.29) is 5.88 Å². The van der Waals surface area contributed by atoms with E-state index in [0.717, 1.165) is 0 Å². The van der Waals surface area contributed by atoms with Crippen LogP contribution in [0, 0.1) is 0 Å². The number of aromatic hydroxyl groups is 1. The molecule has 0 atom stereocenters. The summed E-state index contributed by atoms with van der Waals surface area (Å²) in [7, 11) is 0. The van der Waals surface area contributed by atoms with Crippen LogP contribution in [0.25, 0.3) is 0 Å². The molecular formula is C4H4ClNO. The zero-order valence-electron chi connectivity index (χ0n) is 3.48. The highest BCUT2D eigenvalue weighted by atomic mass is 35.5. The van der Waals surface area contributed by atoms with E-state index in [9.17, 15) is 0 Å². The van der Waals surface area contributed by atoms with Gasteiger partial charge in [-0.05, 0) is 0 Å². The maximum Gasteiger partial charge on any atom is 0.189 e. The molecule has 0 amide bonds. The summed E-state index contributed by atoms with van der Waals surface area (Å²) in [4.78, 5) is 2.49. The van der Waals surface area contributed by atoms with Crippen molar-refractivity contribution in [2.24, 2.45) is 0 Å². The van der Waals surface area contributed by atoms with Crippen molar-refractivity contribution in [1.82, 2.24) is 4.98 Å². The minimum Gasteiger partial charge on any atom is -0.495 e. The topological polar surface area (TPSA) is 36.0 Å². The first kappa shape index (κ1) is 4.53. The van der Waals surface area contributed by atoms with Crippen molar-refractivity contribution in [2.75, 3.05) is 0 Å². The van der Waals surface area contributed by atoms with Gasteiger partial charge < -0.3 is 10.1 Å². The molecule has 0 saturated heterocycles. The van der Waals surface area contributed by atoms with Gasteiger partial charge in [-0.2, -0.15) is 0 Å². The standard InChI is InChI=1S/C4H4ClNO/c5-3-1-4(7)6-2-3/h1-2,6-7H. The molecule has 0 spiro atoms. The van der Waals surface area contributed by atoms with Gasteiger partial charge >= 0.3 is 0 Å². The van der Waals surface area contributed by atoms with E-state index in [0.29, 0.717) is 5.02 Å². The van der Waals surface area contributed by atoms with Crippen LogP contribution in [0.4, 0.5) is 0 Å². The molecule has 0 saturated carbocycles. The van der Waals surface area contributed by atoms with E-state index >= 15 is 0 Å². The van der Waals surface area contributed by atoms with Crippen molar-refractivity contribution < 1.29 is 5.11 Å². The highest BCUT2D eigenvalue weighted by Gasteiger charge is 1.87. The summed E-state index contributed by atoms with van der Waals surface area (Å²) in [5.41, 5.74) is 0. The number of aromatic nitrogens is 1. The Labute approximate surface area is 45.7 Å². The fourth-order valence-electron chi connectivity index (χ4n) is 0.357. The van der Waals surface area contributed by atoms with E-state index in [1.165, 1.54) is 12.3 Å². The highest BCUT2D eigenvalue weighted by Crippen LogP contribution is 2.12. The number of nitrogens with one attached hydrogen (secondary N) is 1. The molecule has 0 radical (unpaired) electrons. The van der Waals surface area contributed by atoms with E-state index in [1.54, 1.807) is 0 Å². The number of halogens is 1. The van der Waals surface area contributed by atoms with Gasteiger partial charge in [-0.25, -0.2) is 0 Å². The number of aromatic amines is 1. The molecule has 0 aliphatic rings. The van der Waals surface area contributed by atoms with Crippen molar-refractivity contribution in [3.8, 4) is 5.88 Å². The first-order valence-electron chi connectivity index (χ1n) is 1.82. The Balaban J connectivity index is 3.04. The molecule has 3 heteroatoms. The highest BCUT2D eigenvalue weighted by molar-refractivity contribution is 6.30. The van der Waals surface area contributed by atoms with E-state index in [2.05, 4.69) is 4.98 Å². The van der Waals surface area contributed by atoms with Crippen LogP contribution in [0.2, 0.25) is 5.02 Å². The van der Waals surface area contributed by atoms with Gasteiger partial charge in [-0.1, -0.05) is 11.6 Å². The number of rotatable bonds is 0. The molecule has 1 heterocycles. The SMILES string of the molecule is Oc1cc(Cl)c[nH]1. The largest absolute Gasteiger partial charge is 0.495 e. The lowest BCUT2D eigenvalue weighted by atomic mass is 10.6. The molecule has 38 valence electrons. The van der Waals surface area contributed by atoms with Gasteiger partial charge in [0.05, 0.1) is 5.02 Å². The minimum atomic E-state index is 0.102. The first-order valence-corrected chi connectivity index (χ1v) is 2.20.